The third-order valence-electron chi connectivity index (χ3n) is 1.95. The van der Waals surface area contributed by atoms with Gasteiger partial charge in [-0.15, -0.1) is 0 Å². The second-order valence-corrected chi connectivity index (χ2v) is 3.51. The monoisotopic (exact) mass is 202 g/mol. The molecule has 1 aliphatic rings. The summed E-state index contributed by atoms with van der Waals surface area (Å²) in [5.74, 6) is -0.00639. The third-order valence-corrected chi connectivity index (χ3v) is 2.67. The molecule has 74 valence electrons. The molecule has 0 radical (unpaired) electrons. The van der Waals surface area contributed by atoms with Crippen LogP contribution in [0.25, 0.3) is 0 Å². The van der Waals surface area contributed by atoms with Crippen molar-refractivity contribution < 1.29 is 9.53 Å². The molecule has 5 heteroatoms. The van der Waals surface area contributed by atoms with E-state index in [1.165, 1.54) is 18.9 Å². The highest BCUT2D eigenvalue weighted by molar-refractivity contribution is 8.13. The van der Waals surface area contributed by atoms with E-state index in [4.69, 9.17) is 4.74 Å². The summed E-state index contributed by atoms with van der Waals surface area (Å²) in [5.41, 5.74) is 0. The molecule has 4 nitrogen and oxygen atoms in total. The van der Waals surface area contributed by atoms with E-state index < -0.39 is 0 Å². The molecule has 1 unspecified atom stereocenters. The molecule has 0 saturated heterocycles. The van der Waals surface area contributed by atoms with Crippen molar-refractivity contribution in [3.8, 4) is 0 Å². The number of hydrogen-bond acceptors (Lipinski definition) is 4. The Bertz CT molecular complexity index is 230. The SMILES string of the molecule is COC(C)C(=O)N1CCN=C1SC. The summed E-state index contributed by atoms with van der Waals surface area (Å²) in [5, 5.41) is 0.800. The Morgan fingerprint density at radius 1 is 1.77 bits per heavy atom. The van der Waals surface area contributed by atoms with Crippen LogP contribution in [-0.4, -0.2) is 48.5 Å². The molecule has 0 aromatic heterocycles. The van der Waals surface area contributed by atoms with Crippen LogP contribution in [0.3, 0.4) is 0 Å². The first-order valence-electron chi connectivity index (χ1n) is 4.13. The zero-order valence-electron chi connectivity index (χ0n) is 8.11. The molecule has 0 fully saturated rings. The van der Waals surface area contributed by atoms with Gasteiger partial charge in [0.2, 0.25) is 0 Å². The van der Waals surface area contributed by atoms with Gasteiger partial charge in [0.1, 0.15) is 6.10 Å². The van der Waals surface area contributed by atoms with E-state index in [-0.39, 0.29) is 12.0 Å². The molecule has 1 amide bonds. The average Bonchev–Trinajstić information content (AvgIpc) is 2.62. The Labute approximate surface area is 82.3 Å². The van der Waals surface area contributed by atoms with Crippen LogP contribution in [0.1, 0.15) is 6.92 Å². The number of carbonyl (C=O) groups excluding carboxylic acids is 1. The van der Waals surface area contributed by atoms with Gasteiger partial charge in [0.15, 0.2) is 5.17 Å². The first-order chi connectivity index (χ1) is 6.20. The number of hydrogen-bond donors (Lipinski definition) is 0. The summed E-state index contributed by atoms with van der Waals surface area (Å²) in [4.78, 5) is 17.5. The maximum Gasteiger partial charge on any atom is 0.257 e. The molecule has 1 heterocycles. The van der Waals surface area contributed by atoms with Crippen LogP contribution in [0.4, 0.5) is 0 Å². The Kier molecular flexibility index (Phi) is 3.74. The largest absolute Gasteiger partial charge is 0.372 e. The molecule has 0 aliphatic carbocycles. The number of carbonyl (C=O) groups is 1. The van der Waals surface area contributed by atoms with Gasteiger partial charge in [-0.05, 0) is 13.2 Å². The minimum absolute atomic E-state index is 0.00639. The van der Waals surface area contributed by atoms with Crippen molar-refractivity contribution in [2.24, 2.45) is 4.99 Å². The first-order valence-corrected chi connectivity index (χ1v) is 5.35. The third kappa shape index (κ3) is 2.22. The summed E-state index contributed by atoms with van der Waals surface area (Å²) >= 11 is 1.50. The lowest BCUT2D eigenvalue weighted by atomic mass is 10.3. The summed E-state index contributed by atoms with van der Waals surface area (Å²) in [6.45, 7) is 3.14. The Balaban J connectivity index is 2.62. The predicted molar refractivity (Wildman–Crippen MR) is 54.0 cm³/mol. The van der Waals surface area contributed by atoms with E-state index in [2.05, 4.69) is 4.99 Å². The van der Waals surface area contributed by atoms with E-state index in [1.54, 1.807) is 11.8 Å². The van der Waals surface area contributed by atoms with Crippen molar-refractivity contribution in [1.82, 2.24) is 4.90 Å². The van der Waals surface area contributed by atoms with Crippen molar-refractivity contribution in [2.45, 2.75) is 13.0 Å². The average molecular weight is 202 g/mol. The van der Waals surface area contributed by atoms with Gasteiger partial charge >= 0.3 is 0 Å². The van der Waals surface area contributed by atoms with E-state index in [1.807, 2.05) is 6.26 Å². The molecule has 0 bridgehead atoms. The lowest BCUT2D eigenvalue weighted by Crippen LogP contribution is -2.39. The second kappa shape index (κ2) is 4.62. The molecule has 0 saturated carbocycles. The maximum absolute atomic E-state index is 11.7. The molecular weight excluding hydrogens is 188 g/mol. The number of methoxy groups -OCH3 is 1. The van der Waals surface area contributed by atoms with Crippen LogP contribution in [0.5, 0.6) is 0 Å². The zero-order valence-corrected chi connectivity index (χ0v) is 8.93. The smallest absolute Gasteiger partial charge is 0.257 e. The van der Waals surface area contributed by atoms with E-state index >= 15 is 0 Å². The van der Waals surface area contributed by atoms with Gasteiger partial charge in [-0.1, -0.05) is 11.8 Å². The molecular formula is C8H14N2O2S. The topological polar surface area (TPSA) is 41.9 Å². The van der Waals surface area contributed by atoms with Crippen LogP contribution in [0, 0.1) is 0 Å². The fourth-order valence-corrected chi connectivity index (χ4v) is 1.75. The minimum atomic E-state index is -0.379. The quantitative estimate of drug-likeness (QED) is 0.658. The van der Waals surface area contributed by atoms with Crippen LogP contribution < -0.4 is 0 Å². The molecule has 0 aromatic carbocycles. The van der Waals surface area contributed by atoms with Gasteiger partial charge in [0.25, 0.3) is 5.91 Å². The summed E-state index contributed by atoms with van der Waals surface area (Å²) in [7, 11) is 1.54. The standard InChI is InChI=1S/C8H14N2O2S/c1-6(12-2)7(11)10-5-4-9-8(10)13-3/h6H,4-5H2,1-3H3. The summed E-state index contributed by atoms with van der Waals surface area (Å²) in [6, 6.07) is 0. The zero-order chi connectivity index (χ0) is 9.84. The van der Waals surface area contributed by atoms with Crippen molar-refractivity contribution in [2.75, 3.05) is 26.5 Å². The molecule has 1 aliphatic heterocycles. The van der Waals surface area contributed by atoms with Crippen LogP contribution in [-0.2, 0) is 9.53 Å². The number of aliphatic imine (C=N–C) groups is 1. The Morgan fingerprint density at radius 2 is 2.46 bits per heavy atom. The highest BCUT2D eigenvalue weighted by atomic mass is 32.2. The number of ether oxygens (including phenoxy) is 1. The van der Waals surface area contributed by atoms with Crippen LogP contribution >= 0.6 is 11.8 Å². The lowest BCUT2D eigenvalue weighted by molar-refractivity contribution is -0.136. The highest BCUT2D eigenvalue weighted by Crippen LogP contribution is 2.13. The second-order valence-electron chi connectivity index (χ2n) is 2.74. The molecule has 0 spiro atoms. The van der Waals surface area contributed by atoms with Crippen molar-refractivity contribution >= 4 is 22.8 Å². The van der Waals surface area contributed by atoms with Crippen molar-refractivity contribution in [3.05, 3.63) is 0 Å². The summed E-state index contributed by atoms with van der Waals surface area (Å²) in [6.07, 6.45) is 1.54. The predicted octanol–water partition coefficient (Wildman–Crippen LogP) is 0.583. The molecule has 1 atom stereocenters. The summed E-state index contributed by atoms with van der Waals surface area (Å²) < 4.78 is 4.96. The normalized spacial score (nSPS) is 18.7. The minimum Gasteiger partial charge on any atom is -0.372 e. The van der Waals surface area contributed by atoms with E-state index in [9.17, 15) is 4.79 Å². The molecule has 1 rings (SSSR count). The van der Waals surface area contributed by atoms with Gasteiger partial charge in [-0.2, -0.15) is 0 Å². The van der Waals surface area contributed by atoms with Gasteiger partial charge in [-0.3, -0.25) is 14.7 Å². The number of amides is 1. The maximum atomic E-state index is 11.7. The Morgan fingerprint density at radius 3 is 3.00 bits per heavy atom. The fraction of sp³-hybridized carbons (Fsp3) is 0.750. The van der Waals surface area contributed by atoms with Gasteiger partial charge in [0.05, 0.1) is 6.54 Å². The highest BCUT2D eigenvalue weighted by Gasteiger charge is 2.26. The van der Waals surface area contributed by atoms with Crippen molar-refractivity contribution in [1.29, 1.82) is 0 Å². The number of rotatable bonds is 2. The fourth-order valence-electron chi connectivity index (χ4n) is 1.13. The number of amidine groups is 1. The van der Waals surface area contributed by atoms with Crippen LogP contribution in [0.15, 0.2) is 4.99 Å². The number of thioether (sulfide) groups is 1. The van der Waals surface area contributed by atoms with Gasteiger partial charge < -0.3 is 4.74 Å². The molecule has 0 aromatic rings. The number of nitrogens with zero attached hydrogens (tertiary/aromatic N) is 2. The van der Waals surface area contributed by atoms with Crippen LogP contribution in [0.2, 0.25) is 0 Å². The molecule has 0 N–H and O–H groups in total. The molecule has 13 heavy (non-hydrogen) atoms. The van der Waals surface area contributed by atoms with Gasteiger partial charge in [-0.25, -0.2) is 0 Å². The van der Waals surface area contributed by atoms with E-state index in [0.717, 1.165) is 5.17 Å². The first kappa shape index (κ1) is 10.5. The van der Waals surface area contributed by atoms with E-state index in [0.29, 0.717) is 13.1 Å². The van der Waals surface area contributed by atoms with Crippen molar-refractivity contribution in [3.63, 3.8) is 0 Å². The van der Waals surface area contributed by atoms with Gasteiger partial charge in [0, 0.05) is 13.7 Å². The lowest BCUT2D eigenvalue weighted by Gasteiger charge is -2.19. The Hall–Kier alpha value is -0.550.